The Kier molecular flexibility index (Phi) is 5.94. The number of hydrogen-bond acceptors (Lipinski definition) is 3. The average molecular weight is 352 g/mol. The average Bonchev–Trinajstić information content (AvgIpc) is 2.65. The predicted molar refractivity (Wildman–Crippen MR) is 104 cm³/mol. The molecule has 0 saturated carbocycles. The summed E-state index contributed by atoms with van der Waals surface area (Å²) in [5, 5.41) is 0. The van der Waals surface area contributed by atoms with Crippen molar-refractivity contribution in [3.8, 4) is 5.75 Å². The molecule has 3 rings (SSSR count). The first kappa shape index (κ1) is 18.5. The third-order valence-corrected chi connectivity index (χ3v) is 5.12. The van der Waals surface area contributed by atoms with Crippen LogP contribution in [0.1, 0.15) is 22.3 Å². The highest BCUT2D eigenvalue weighted by Gasteiger charge is 2.21. The Labute approximate surface area is 156 Å². The van der Waals surface area contributed by atoms with E-state index < -0.39 is 0 Å². The molecule has 0 aromatic heterocycles. The molecule has 0 bridgehead atoms. The number of carbonyl (C=O) groups excluding carboxylic acids is 1. The standard InChI is InChI=1S/C22H28N2O2/c1-17-13-19(3)21(14-18(17)2)26-16-22(25)24-11-9-23(10-12-24)15-20-7-5-4-6-8-20/h4-8,13-14H,9-12,15-16H2,1-3H3. The van der Waals surface area contributed by atoms with Crippen molar-refractivity contribution in [3.63, 3.8) is 0 Å². The zero-order valence-corrected chi connectivity index (χ0v) is 16.0. The van der Waals surface area contributed by atoms with Crippen molar-refractivity contribution in [1.29, 1.82) is 0 Å². The summed E-state index contributed by atoms with van der Waals surface area (Å²) in [6.45, 7) is 10.6. The van der Waals surface area contributed by atoms with Gasteiger partial charge in [-0.15, -0.1) is 0 Å². The van der Waals surface area contributed by atoms with Crippen molar-refractivity contribution in [1.82, 2.24) is 9.80 Å². The van der Waals surface area contributed by atoms with E-state index >= 15 is 0 Å². The molecule has 1 fully saturated rings. The van der Waals surface area contributed by atoms with Gasteiger partial charge >= 0.3 is 0 Å². The summed E-state index contributed by atoms with van der Waals surface area (Å²) in [4.78, 5) is 16.8. The van der Waals surface area contributed by atoms with Crippen LogP contribution in [0, 0.1) is 20.8 Å². The van der Waals surface area contributed by atoms with Crippen LogP contribution in [0.15, 0.2) is 42.5 Å². The Balaban J connectivity index is 1.47. The normalized spacial score (nSPS) is 15.1. The molecule has 1 aliphatic heterocycles. The van der Waals surface area contributed by atoms with Crippen LogP contribution in [0.2, 0.25) is 0 Å². The molecule has 0 atom stereocenters. The van der Waals surface area contributed by atoms with E-state index in [0.29, 0.717) is 0 Å². The molecule has 4 heteroatoms. The summed E-state index contributed by atoms with van der Waals surface area (Å²) in [5.41, 5.74) is 4.83. The van der Waals surface area contributed by atoms with Gasteiger partial charge in [0.1, 0.15) is 5.75 Å². The van der Waals surface area contributed by atoms with Gasteiger partial charge in [-0.05, 0) is 49.1 Å². The van der Waals surface area contributed by atoms with Gasteiger partial charge in [0, 0.05) is 32.7 Å². The number of ether oxygens (including phenoxy) is 1. The topological polar surface area (TPSA) is 32.8 Å². The molecular weight excluding hydrogens is 324 g/mol. The van der Waals surface area contributed by atoms with Crippen molar-refractivity contribution < 1.29 is 9.53 Å². The maximum Gasteiger partial charge on any atom is 0.260 e. The van der Waals surface area contributed by atoms with Crippen LogP contribution in [-0.4, -0.2) is 48.5 Å². The maximum atomic E-state index is 12.5. The van der Waals surface area contributed by atoms with Crippen molar-refractivity contribution in [2.75, 3.05) is 32.8 Å². The number of rotatable bonds is 5. The van der Waals surface area contributed by atoms with Crippen molar-refractivity contribution in [2.24, 2.45) is 0 Å². The van der Waals surface area contributed by atoms with E-state index in [4.69, 9.17) is 4.74 Å². The molecule has 138 valence electrons. The minimum absolute atomic E-state index is 0.0713. The number of benzene rings is 2. The minimum Gasteiger partial charge on any atom is -0.483 e. The fourth-order valence-corrected chi connectivity index (χ4v) is 3.32. The minimum atomic E-state index is 0.0713. The number of carbonyl (C=O) groups is 1. The second kappa shape index (κ2) is 8.37. The fraction of sp³-hybridized carbons (Fsp3) is 0.409. The smallest absolute Gasteiger partial charge is 0.260 e. The van der Waals surface area contributed by atoms with Crippen LogP contribution in [-0.2, 0) is 11.3 Å². The highest BCUT2D eigenvalue weighted by Crippen LogP contribution is 2.22. The summed E-state index contributed by atoms with van der Waals surface area (Å²) in [7, 11) is 0. The van der Waals surface area contributed by atoms with Crippen molar-refractivity contribution >= 4 is 5.91 Å². The van der Waals surface area contributed by atoms with E-state index in [1.54, 1.807) is 0 Å². The van der Waals surface area contributed by atoms with E-state index in [0.717, 1.165) is 44.0 Å². The maximum absolute atomic E-state index is 12.5. The summed E-state index contributed by atoms with van der Waals surface area (Å²) < 4.78 is 5.81. The lowest BCUT2D eigenvalue weighted by Crippen LogP contribution is -2.49. The second-order valence-corrected chi connectivity index (χ2v) is 7.13. The van der Waals surface area contributed by atoms with Crippen molar-refractivity contribution in [3.05, 3.63) is 64.7 Å². The van der Waals surface area contributed by atoms with Gasteiger partial charge in [0.15, 0.2) is 6.61 Å². The Hall–Kier alpha value is -2.33. The van der Waals surface area contributed by atoms with E-state index in [1.807, 2.05) is 24.0 Å². The Morgan fingerprint density at radius 2 is 1.58 bits per heavy atom. The molecule has 2 aromatic rings. The molecule has 4 nitrogen and oxygen atoms in total. The Morgan fingerprint density at radius 1 is 0.923 bits per heavy atom. The van der Waals surface area contributed by atoms with Crippen LogP contribution < -0.4 is 4.74 Å². The third-order valence-electron chi connectivity index (χ3n) is 5.12. The molecule has 1 aliphatic rings. The summed E-state index contributed by atoms with van der Waals surface area (Å²) in [6, 6.07) is 14.6. The molecule has 0 N–H and O–H groups in total. The SMILES string of the molecule is Cc1cc(C)c(OCC(=O)N2CCN(Cc3ccccc3)CC2)cc1C. The number of hydrogen-bond donors (Lipinski definition) is 0. The van der Waals surface area contributed by atoms with Crippen molar-refractivity contribution in [2.45, 2.75) is 27.3 Å². The lowest BCUT2D eigenvalue weighted by molar-refractivity contribution is -0.135. The van der Waals surface area contributed by atoms with Crippen LogP contribution >= 0.6 is 0 Å². The molecule has 1 amide bonds. The van der Waals surface area contributed by atoms with Gasteiger partial charge in [-0.25, -0.2) is 0 Å². The molecule has 26 heavy (non-hydrogen) atoms. The van der Waals surface area contributed by atoms with Crippen LogP contribution in [0.25, 0.3) is 0 Å². The molecule has 0 radical (unpaired) electrons. The summed E-state index contributed by atoms with van der Waals surface area (Å²) in [5.74, 6) is 0.881. The summed E-state index contributed by atoms with van der Waals surface area (Å²) >= 11 is 0. The zero-order chi connectivity index (χ0) is 18.5. The summed E-state index contributed by atoms with van der Waals surface area (Å²) in [6.07, 6.45) is 0. The fourth-order valence-electron chi connectivity index (χ4n) is 3.32. The van der Waals surface area contributed by atoms with E-state index in [-0.39, 0.29) is 12.5 Å². The first-order valence-electron chi connectivity index (χ1n) is 9.27. The number of aryl methyl sites for hydroxylation is 3. The van der Waals surface area contributed by atoms with Gasteiger partial charge in [-0.3, -0.25) is 9.69 Å². The number of nitrogens with zero attached hydrogens (tertiary/aromatic N) is 2. The van der Waals surface area contributed by atoms with E-state index in [1.165, 1.54) is 16.7 Å². The lowest BCUT2D eigenvalue weighted by Gasteiger charge is -2.34. The van der Waals surface area contributed by atoms with Gasteiger partial charge < -0.3 is 9.64 Å². The molecule has 1 saturated heterocycles. The van der Waals surface area contributed by atoms with Crippen LogP contribution in [0.5, 0.6) is 5.75 Å². The Bertz CT molecular complexity index is 750. The highest BCUT2D eigenvalue weighted by molar-refractivity contribution is 5.78. The van der Waals surface area contributed by atoms with Gasteiger partial charge in [-0.1, -0.05) is 36.4 Å². The first-order chi connectivity index (χ1) is 12.5. The third kappa shape index (κ3) is 4.64. The van der Waals surface area contributed by atoms with Gasteiger partial charge in [0.25, 0.3) is 5.91 Å². The molecular formula is C22H28N2O2. The molecule has 0 aliphatic carbocycles. The first-order valence-corrected chi connectivity index (χ1v) is 9.27. The number of piperazine rings is 1. The quantitative estimate of drug-likeness (QED) is 0.827. The largest absolute Gasteiger partial charge is 0.483 e. The van der Waals surface area contributed by atoms with Gasteiger partial charge in [0.05, 0.1) is 0 Å². The Morgan fingerprint density at radius 3 is 2.27 bits per heavy atom. The molecule has 2 aromatic carbocycles. The monoisotopic (exact) mass is 352 g/mol. The van der Waals surface area contributed by atoms with Gasteiger partial charge in [0.2, 0.25) is 0 Å². The predicted octanol–water partition coefficient (Wildman–Crippen LogP) is 3.34. The highest BCUT2D eigenvalue weighted by atomic mass is 16.5. The molecule has 1 heterocycles. The molecule has 0 spiro atoms. The molecule has 0 unspecified atom stereocenters. The van der Waals surface area contributed by atoms with Crippen LogP contribution in [0.4, 0.5) is 0 Å². The van der Waals surface area contributed by atoms with E-state index in [2.05, 4.69) is 49.1 Å². The zero-order valence-electron chi connectivity index (χ0n) is 16.0. The van der Waals surface area contributed by atoms with E-state index in [9.17, 15) is 4.79 Å². The number of amides is 1. The second-order valence-electron chi connectivity index (χ2n) is 7.13. The lowest BCUT2D eigenvalue weighted by atomic mass is 10.1. The van der Waals surface area contributed by atoms with Gasteiger partial charge in [-0.2, -0.15) is 0 Å². The van der Waals surface area contributed by atoms with Crippen LogP contribution in [0.3, 0.4) is 0 Å².